The molecule has 0 atom stereocenters. The first kappa shape index (κ1) is 11.2. The molecule has 97 valence electrons. The van der Waals surface area contributed by atoms with Gasteiger partial charge in [0.25, 0.3) is 0 Å². The second-order valence-corrected chi connectivity index (χ2v) is 4.60. The van der Waals surface area contributed by atoms with Crippen molar-refractivity contribution in [1.29, 1.82) is 0 Å². The summed E-state index contributed by atoms with van der Waals surface area (Å²) < 4.78 is 12.9. The van der Waals surface area contributed by atoms with Crippen LogP contribution in [0.4, 0.5) is 0 Å². The molecule has 3 aromatic rings. The number of benzene rings is 2. The summed E-state index contributed by atoms with van der Waals surface area (Å²) >= 11 is 0. The predicted molar refractivity (Wildman–Crippen MR) is 76.2 cm³/mol. The fourth-order valence-corrected chi connectivity index (χ4v) is 2.41. The van der Waals surface area contributed by atoms with Crippen LogP contribution in [-0.2, 0) is 0 Å². The van der Waals surface area contributed by atoms with Crippen molar-refractivity contribution in [3.63, 3.8) is 0 Å². The van der Waals surface area contributed by atoms with E-state index in [0.717, 1.165) is 28.4 Å². The second-order valence-electron chi connectivity index (χ2n) is 4.60. The van der Waals surface area contributed by atoms with Crippen molar-refractivity contribution >= 4 is 0 Å². The second kappa shape index (κ2) is 4.46. The van der Waals surface area contributed by atoms with Gasteiger partial charge in [-0.05, 0) is 23.8 Å². The summed E-state index contributed by atoms with van der Waals surface area (Å²) in [6, 6.07) is 21.4. The van der Waals surface area contributed by atoms with E-state index < -0.39 is 0 Å². The summed E-state index contributed by atoms with van der Waals surface area (Å²) in [6.07, 6.45) is 1.93. The van der Waals surface area contributed by atoms with E-state index in [-0.39, 0.29) is 0 Å². The Morgan fingerprint density at radius 1 is 0.950 bits per heavy atom. The first-order valence-corrected chi connectivity index (χ1v) is 6.46. The highest BCUT2D eigenvalue weighted by Crippen LogP contribution is 2.34. The summed E-state index contributed by atoms with van der Waals surface area (Å²) in [5, 5.41) is 0. The van der Waals surface area contributed by atoms with Gasteiger partial charge >= 0.3 is 0 Å². The van der Waals surface area contributed by atoms with Gasteiger partial charge in [0.1, 0.15) is 0 Å². The van der Waals surface area contributed by atoms with Crippen LogP contribution in [0.3, 0.4) is 0 Å². The topological polar surface area (TPSA) is 23.4 Å². The van der Waals surface area contributed by atoms with Crippen LogP contribution in [-0.4, -0.2) is 11.4 Å². The molecule has 0 amide bonds. The van der Waals surface area contributed by atoms with Crippen LogP contribution in [0.2, 0.25) is 0 Å². The molecule has 0 aliphatic carbocycles. The number of nitrogens with zero attached hydrogens (tertiary/aromatic N) is 1. The van der Waals surface area contributed by atoms with Gasteiger partial charge < -0.3 is 14.0 Å². The molecule has 4 rings (SSSR count). The van der Waals surface area contributed by atoms with Crippen molar-refractivity contribution < 1.29 is 9.47 Å². The lowest BCUT2D eigenvalue weighted by Gasteiger charge is -2.10. The van der Waals surface area contributed by atoms with Crippen LogP contribution in [0.25, 0.3) is 16.9 Å². The number of rotatable bonds is 2. The van der Waals surface area contributed by atoms with Crippen molar-refractivity contribution in [3.05, 3.63) is 66.9 Å². The van der Waals surface area contributed by atoms with Gasteiger partial charge in [0.05, 0.1) is 5.69 Å². The Labute approximate surface area is 117 Å². The molecule has 1 aliphatic rings. The van der Waals surface area contributed by atoms with Crippen LogP contribution in [0, 0.1) is 6.07 Å². The smallest absolute Gasteiger partial charge is 0.231 e. The van der Waals surface area contributed by atoms with E-state index in [1.165, 1.54) is 0 Å². The Hall–Kier alpha value is -2.68. The Morgan fingerprint density at radius 3 is 2.70 bits per heavy atom. The lowest BCUT2D eigenvalue weighted by atomic mass is 10.1. The van der Waals surface area contributed by atoms with Crippen molar-refractivity contribution in [2.75, 3.05) is 6.79 Å². The van der Waals surface area contributed by atoms with Gasteiger partial charge in [0.15, 0.2) is 11.5 Å². The van der Waals surface area contributed by atoms with Gasteiger partial charge in [-0.3, -0.25) is 0 Å². The number of fused-ring (bicyclic) bond motifs is 1. The molecule has 0 saturated carbocycles. The van der Waals surface area contributed by atoms with E-state index in [2.05, 4.69) is 22.8 Å². The Balaban J connectivity index is 1.82. The van der Waals surface area contributed by atoms with Gasteiger partial charge in [0.2, 0.25) is 6.79 Å². The molecule has 0 saturated heterocycles. The highest BCUT2D eigenvalue weighted by molar-refractivity contribution is 5.63. The fourth-order valence-electron chi connectivity index (χ4n) is 2.41. The van der Waals surface area contributed by atoms with E-state index in [4.69, 9.17) is 9.47 Å². The SMILES string of the molecule is [c]1cc(-c2ccccc2)n(-c2ccc3c(c2)OCO3)c1. The van der Waals surface area contributed by atoms with Crippen molar-refractivity contribution in [2.45, 2.75) is 0 Å². The van der Waals surface area contributed by atoms with Crippen LogP contribution in [0.15, 0.2) is 60.8 Å². The van der Waals surface area contributed by atoms with Crippen molar-refractivity contribution in [3.8, 4) is 28.4 Å². The minimum atomic E-state index is 0.294. The quantitative estimate of drug-likeness (QED) is 0.703. The number of hydrogen-bond donors (Lipinski definition) is 0. The Bertz CT molecular complexity index is 747. The molecule has 0 bridgehead atoms. The zero-order chi connectivity index (χ0) is 13.4. The van der Waals surface area contributed by atoms with Crippen LogP contribution in [0.1, 0.15) is 0 Å². The predicted octanol–water partition coefficient (Wildman–Crippen LogP) is 3.67. The number of hydrogen-bond acceptors (Lipinski definition) is 2. The van der Waals surface area contributed by atoms with Gasteiger partial charge in [0, 0.05) is 24.0 Å². The lowest BCUT2D eigenvalue weighted by Crippen LogP contribution is -1.95. The monoisotopic (exact) mass is 262 g/mol. The molecule has 20 heavy (non-hydrogen) atoms. The summed E-state index contributed by atoms with van der Waals surface area (Å²) in [5.74, 6) is 1.58. The average Bonchev–Trinajstić information content (AvgIpc) is 3.16. The lowest BCUT2D eigenvalue weighted by molar-refractivity contribution is 0.174. The third-order valence-corrected chi connectivity index (χ3v) is 3.39. The highest BCUT2D eigenvalue weighted by Gasteiger charge is 2.15. The normalized spacial score (nSPS) is 12.6. The Morgan fingerprint density at radius 2 is 1.80 bits per heavy atom. The maximum Gasteiger partial charge on any atom is 0.231 e. The number of aromatic nitrogens is 1. The molecule has 0 spiro atoms. The van der Waals surface area contributed by atoms with E-state index in [0.29, 0.717) is 6.79 Å². The Kier molecular flexibility index (Phi) is 2.49. The highest BCUT2D eigenvalue weighted by atomic mass is 16.7. The molecule has 1 aliphatic heterocycles. The first-order chi connectivity index (χ1) is 9.92. The molecule has 0 fully saturated rings. The van der Waals surface area contributed by atoms with Gasteiger partial charge in [-0.25, -0.2) is 0 Å². The molecule has 1 aromatic heterocycles. The van der Waals surface area contributed by atoms with Gasteiger partial charge in [-0.15, -0.1) is 0 Å². The maximum absolute atomic E-state index is 5.44. The summed E-state index contributed by atoms with van der Waals surface area (Å²) in [4.78, 5) is 0. The third kappa shape index (κ3) is 1.75. The van der Waals surface area contributed by atoms with E-state index >= 15 is 0 Å². The standard InChI is InChI=1S/C17H12NO2/c1-2-5-13(6-3-1)15-7-4-10-18(15)14-8-9-16-17(11-14)20-12-19-16/h1-3,5-11H,12H2. The van der Waals surface area contributed by atoms with Crippen LogP contribution < -0.4 is 9.47 Å². The molecule has 3 nitrogen and oxygen atoms in total. The summed E-state index contributed by atoms with van der Waals surface area (Å²) in [7, 11) is 0. The molecule has 0 N–H and O–H groups in total. The maximum atomic E-state index is 5.44. The summed E-state index contributed by atoms with van der Waals surface area (Å²) in [5.41, 5.74) is 3.30. The molecular formula is C17H12NO2. The molecule has 2 heterocycles. The zero-order valence-electron chi connectivity index (χ0n) is 10.7. The van der Waals surface area contributed by atoms with Crippen LogP contribution >= 0.6 is 0 Å². The molecular weight excluding hydrogens is 250 g/mol. The van der Waals surface area contributed by atoms with E-state index in [1.807, 2.05) is 48.7 Å². The minimum absolute atomic E-state index is 0.294. The first-order valence-electron chi connectivity index (χ1n) is 6.46. The van der Waals surface area contributed by atoms with E-state index in [1.54, 1.807) is 0 Å². The average molecular weight is 262 g/mol. The summed E-state index contributed by atoms with van der Waals surface area (Å²) in [6.45, 7) is 0.294. The fraction of sp³-hybridized carbons (Fsp3) is 0.0588. The number of ether oxygens (including phenoxy) is 2. The minimum Gasteiger partial charge on any atom is -0.454 e. The van der Waals surface area contributed by atoms with Crippen LogP contribution in [0.5, 0.6) is 11.5 Å². The van der Waals surface area contributed by atoms with Crippen molar-refractivity contribution in [1.82, 2.24) is 4.57 Å². The van der Waals surface area contributed by atoms with E-state index in [9.17, 15) is 0 Å². The largest absolute Gasteiger partial charge is 0.454 e. The third-order valence-electron chi connectivity index (χ3n) is 3.39. The van der Waals surface area contributed by atoms with Gasteiger partial charge in [-0.2, -0.15) is 0 Å². The molecule has 1 radical (unpaired) electrons. The molecule has 3 heteroatoms. The molecule has 0 unspecified atom stereocenters. The van der Waals surface area contributed by atoms with Crippen molar-refractivity contribution in [2.24, 2.45) is 0 Å². The zero-order valence-corrected chi connectivity index (χ0v) is 10.7. The van der Waals surface area contributed by atoms with Gasteiger partial charge in [-0.1, -0.05) is 30.3 Å². The molecule has 2 aromatic carbocycles.